The van der Waals surface area contributed by atoms with Gasteiger partial charge < -0.3 is 10.0 Å². The minimum Gasteiger partial charge on any atom is -0.383 e. The lowest BCUT2D eigenvalue weighted by Crippen LogP contribution is -2.60. The number of hydrogen-bond acceptors (Lipinski definition) is 3. The fourth-order valence-electron chi connectivity index (χ4n) is 5.93. The van der Waals surface area contributed by atoms with Crippen molar-refractivity contribution in [1.82, 2.24) is 9.80 Å². The number of rotatable bonds is 3. The molecule has 0 radical (unpaired) electrons. The van der Waals surface area contributed by atoms with E-state index in [0.717, 1.165) is 18.2 Å². The van der Waals surface area contributed by atoms with Gasteiger partial charge in [-0.25, -0.2) is 17.6 Å². The van der Waals surface area contributed by atoms with E-state index < -0.39 is 52.7 Å². The monoisotopic (exact) mass is 506 g/mol. The maximum Gasteiger partial charge on any atom is 0.228 e. The van der Waals surface area contributed by atoms with Crippen LogP contribution in [0.3, 0.4) is 0 Å². The number of nitrogens with zero attached hydrogens (tertiary/aromatic N) is 2. The van der Waals surface area contributed by atoms with Crippen molar-refractivity contribution >= 4 is 5.91 Å². The van der Waals surface area contributed by atoms with Crippen molar-refractivity contribution in [2.45, 2.75) is 64.1 Å². The molecule has 0 aliphatic carbocycles. The van der Waals surface area contributed by atoms with Gasteiger partial charge in [0, 0.05) is 48.8 Å². The number of halogens is 4. The number of hydrogen-bond donors (Lipinski definition) is 1. The standard InChI is InChI=1S/C28H34F4N2O2/c1-16-10-11-34(17(2)28(16,36)23-9-7-19(30)13-25(23)32)26(35)22-15-33(27(3,4)5)14-21(22)20-8-6-18(29)12-24(20)31/h6-9,12-13,16-17,21-22,36H,10-11,14-15H2,1-5H3/t16-,17-,21-,22+,28-/m0/s1. The molecule has 0 bridgehead atoms. The highest BCUT2D eigenvalue weighted by molar-refractivity contribution is 5.81. The SMILES string of the molecule is C[C@@H]1N(C(=O)[C@@H]2CN(C(C)(C)C)C[C@H]2c2ccc(F)cc2F)CC[C@H](C)[C@@]1(O)c1ccc(F)cc1F. The normalized spacial score (nSPS) is 29.6. The van der Waals surface area contributed by atoms with E-state index in [0.29, 0.717) is 26.1 Å². The molecule has 2 aromatic rings. The number of piperidine rings is 1. The highest BCUT2D eigenvalue weighted by atomic mass is 19.1. The van der Waals surface area contributed by atoms with Crippen molar-refractivity contribution < 1.29 is 27.5 Å². The minimum atomic E-state index is -1.73. The molecule has 196 valence electrons. The Morgan fingerprint density at radius 3 is 2.17 bits per heavy atom. The van der Waals surface area contributed by atoms with Crippen molar-refractivity contribution in [3.8, 4) is 0 Å². The van der Waals surface area contributed by atoms with Crippen LogP contribution in [0.25, 0.3) is 0 Å². The third-order valence-corrected chi connectivity index (χ3v) is 8.25. The number of amides is 1. The van der Waals surface area contributed by atoms with Crippen LogP contribution in [0.4, 0.5) is 17.6 Å². The van der Waals surface area contributed by atoms with Crippen LogP contribution in [0, 0.1) is 35.1 Å². The Labute approximate surface area is 209 Å². The van der Waals surface area contributed by atoms with Gasteiger partial charge in [0.05, 0.1) is 12.0 Å². The Bertz CT molecular complexity index is 1150. The smallest absolute Gasteiger partial charge is 0.228 e. The molecule has 36 heavy (non-hydrogen) atoms. The molecular weight excluding hydrogens is 472 g/mol. The van der Waals surface area contributed by atoms with Crippen molar-refractivity contribution in [2.75, 3.05) is 19.6 Å². The van der Waals surface area contributed by atoms with Gasteiger partial charge in [-0.05, 0) is 57.7 Å². The first-order chi connectivity index (χ1) is 16.7. The zero-order chi connectivity index (χ0) is 26.6. The van der Waals surface area contributed by atoms with Crippen molar-refractivity contribution in [1.29, 1.82) is 0 Å². The van der Waals surface area contributed by atoms with Crippen LogP contribution in [0.5, 0.6) is 0 Å². The van der Waals surface area contributed by atoms with Crippen LogP contribution in [-0.4, -0.2) is 52.0 Å². The van der Waals surface area contributed by atoms with E-state index in [1.54, 1.807) is 18.7 Å². The van der Waals surface area contributed by atoms with Gasteiger partial charge in [-0.2, -0.15) is 0 Å². The molecule has 4 nitrogen and oxygen atoms in total. The van der Waals surface area contributed by atoms with Crippen LogP contribution in [0.15, 0.2) is 36.4 Å². The van der Waals surface area contributed by atoms with Crippen LogP contribution in [-0.2, 0) is 10.4 Å². The van der Waals surface area contributed by atoms with Gasteiger partial charge in [0.1, 0.15) is 28.9 Å². The van der Waals surface area contributed by atoms with Crippen LogP contribution in [0.2, 0.25) is 0 Å². The third kappa shape index (κ3) is 4.54. The van der Waals surface area contributed by atoms with Gasteiger partial charge in [0.25, 0.3) is 0 Å². The summed E-state index contributed by atoms with van der Waals surface area (Å²) in [7, 11) is 0. The van der Waals surface area contributed by atoms with Gasteiger partial charge in [-0.15, -0.1) is 0 Å². The van der Waals surface area contributed by atoms with Gasteiger partial charge in [0.15, 0.2) is 0 Å². The average Bonchev–Trinajstić information content (AvgIpc) is 3.23. The van der Waals surface area contributed by atoms with Gasteiger partial charge in [-0.3, -0.25) is 9.69 Å². The Morgan fingerprint density at radius 1 is 0.972 bits per heavy atom. The predicted molar refractivity (Wildman–Crippen MR) is 129 cm³/mol. The second kappa shape index (κ2) is 9.45. The summed E-state index contributed by atoms with van der Waals surface area (Å²) >= 11 is 0. The topological polar surface area (TPSA) is 43.8 Å². The Kier molecular flexibility index (Phi) is 6.99. The summed E-state index contributed by atoms with van der Waals surface area (Å²) in [5.74, 6) is -4.80. The molecule has 2 saturated heterocycles. The van der Waals surface area contributed by atoms with E-state index >= 15 is 0 Å². The number of benzene rings is 2. The molecule has 5 atom stereocenters. The summed E-state index contributed by atoms with van der Waals surface area (Å²) in [6.45, 7) is 10.6. The van der Waals surface area contributed by atoms with E-state index in [1.807, 2.05) is 20.8 Å². The average molecular weight is 507 g/mol. The minimum absolute atomic E-state index is 0.0507. The molecule has 8 heteroatoms. The lowest BCUT2D eigenvalue weighted by molar-refractivity contribution is -0.160. The van der Waals surface area contributed by atoms with E-state index in [-0.39, 0.29) is 22.6 Å². The molecule has 2 aromatic carbocycles. The highest BCUT2D eigenvalue weighted by Crippen LogP contribution is 2.45. The summed E-state index contributed by atoms with van der Waals surface area (Å²) in [6.07, 6.45) is 0.411. The second-order valence-electron chi connectivity index (χ2n) is 11.3. The number of carbonyl (C=O) groups excluding carboxylic acids is 1. The fourth-order valence-corrected chi connectivity index (χ4v) is 5.93. The van der Waals surface area contributed by atoms with Gasteiger partial charge in [0.2, 0.25) is 5.91 Å². The second-order valence-corrected chi connectivity index (χ2v) is 11.3. The van der Waals surface area contributed by atoms with Crippen LogP contribution >= 0.6 is 0 Å². The first kappa shape index (κ1) is 26.6. The molecule has 1 N–H and O–H groups in total. The summed E-state index contributed by atoms with van der Waals surface area (Å²) in [6, 6.07) is 5.68. The van der Waals surface area contributed by atoms with E-state index in [2.05, 4.69) is 4.90 Å². The Hall–Kier alpha value is -2.45. The lowest BCUT2D eigenvalue weighted by atomic mass is 9.71. The molecule has 2 aliphatic rings. The van der Waals surface area contributed by atoms with Crippen LogP contribution < -0.4 is 0 Å². The maximum absolute atomic E-state index is 14.9. The summed E-state index contributed by atoms with van der Waals surface area (Å²) in [5.41, 5.74) is -1.79. The molecule has 0 saturated carbocycles. The van der Waals surface area contributed by atoms with E-state index in [1.165, 1.54) is 18.2 Å². The predicted octanol–water partition coefficient (Wildman–Crippen LogP) is 5.20. The molecule has 0 spiro atoms. The maximum atomic E-state index is 14.9. The zero-order valence-corrected chi connectivity index (χ0v) is 21.4. The fraction of sp³-hybridized carbons (Fsp3) is 0.536. The molecule has 0 aromatic heterocycles. The molecule has 0 unspecified atom stereocenters. The van der Waals surface area contributed by atoms with Crippen molar-refractivity contribution in [3.05, 3.63) is 70.8 Å². The summed E-state index contributed by atoms with van der Waals surface area (Å²) in [4.78, 5) is 17.7. The number of likely N-dealkylation sites (tertiary alicyclic amines) is 2. The molecular formula is C28H34F4N2O2. The van der Waals surface area contributed by atoms with E-state index in [4.69, 9.17) is 0 Å². The Morgan fingerprint density at radius 2 is 1.58 bits per heavy atom. The molecule has 2 aliphatic heterocycles. The number of carbonyl (C=O) groups is 1. The highest BCUT2D eigenvalue weighted by Gasteiger charge is 2.52. The molecule has 4 rings (SSSR count). The molecule has 1 amide bonds. The van der Waals surface area contributed by atoms with Crippen LogP contribution in [0.1, 0.15) is 58.1 Å². The lowest BCUT2D eigenvalue weighted by Gasteiger charge is -2.50. The molecule has 2 heterocycles. The zero-order valence-electron chi connectivity index (χ0n) is 21.4. The van der Waals surface area contributed by atoms with Crippen molar-refractivity contribution in [3.63, 3.8) is 0 Å². The van der Waals surface area contributed by atoms with E-state index in [9.17, 15) is 27.5 Å². The summed E-state index contributed by atoms with van der Waals surface area (Å²) in [5, 5.41) is 11.8. The van der Waals surface area contributed by atoms with Gasteiger partial charge in [-0.1, -0.05) is 19.1 Å². The largest absolute Gasteiger partial charge is 0.383 e. The third-order valence-electron chi connectivity index (χ3n) is 8.25. The first-order valence-corrected chi connectivity index (χ1v) is 12.4. The van der Waals surface area contributed by atoms with Gasteiger partial charge >= 0.3 is 0 Å². The number of aliphatic hydroxyl groups is 1. The quantitative estimate of drug-likeness (QED) is 0.582. The molecule has 2 fully saturated rings. The summed E-state index contributed by atoms with van der Waals surface area (Å²) < 4.78 is 56.9. The Balaban J connectivity index is 1.71. The van der Waals surface area contributed by atoms with Crippen molar-refractivity contribution in [2.24, 2.45) is 11.8 Å². The first-order valence-electron chi connectivity index (χ1n) is 12.4.